The third-order valence-electron chi connectivity index (χ3n) is 3.78. The van der Waals surface area contributed by atoms with E-state index in [1.807, 2.05) is 22.3 Å². The molecule has 3 aromatic heterocycles. The van der Waals surface area contributed by atoms with Crippen LogP contribution in [0.25, 0.3) is 15.9 Å². The molecule has 1 atom stereocenters. The number of fused-ring (bicyclic) bond motifs is 1. The normalized spacial score (nSPS) is 12.4. The molecule has 0 amide bonds. The average Bonchev–Trinajstić information content (AvgIpc) is 3.27. The van der Waals surface area contributed by atoms with E-state index in [4.69, 9.17) is 0 Å². The lowest BCUT2D eigenvalue weighted by Gasteiger charge is -2.16. The fourth-order valence-corrected chi connectivity index (χ4v) is 3.26. The van der Waals surface area contributed by atoms with E-state index in [2.05, 4.69) is 57.6 Å². The Morgan fingerprint density at radius 1 is 1.13 bits per heavy atom. The van der Waals surface area contributed by atoms with Gasteiger partial charge in [-0.15, -0.1) is 11.3 Å². The molecule has 1 aromatic carbocycles. The fourth-order valence-electron chi connectivity index (χ4n) is 2.53. The second-order valence-corrected chi connectivity index (χ2v) is 6.16. The number of hydrogen-bond donors (Lipinski definition) is 1. The summed E-state index contributed by atoms with van der Waals surface area (Å²) in [5.41, 5.74) is 2.25. The van der Waals surface area contributed by atoms with Gasteiger partial charge in [0.05, 0.1) is 11.1 Å². The summed E-state index contributed by atoms with van der Waals surface area (Å²) in [5.74, 6) is 0.875. The van der Waals surface area contributed by atoms with Crippen LogP contribution in [0.2, 0.25) is 0 Å². The number of rotatable bonds is 4. The summed E-state index contributed by atoms with van der Waals surface area (Å²) >= 11 is 1.62. The topological polar surface area (TPSA) is 55.6 Å². The van der Waals surface area contributed by atoms with E-state index >= 15 is 0 Å². The van der Waals surface area contributed by atoms with Crippen molar-refractivity contribution in [2.75, 3.05) is 5.32 Å². The lowest BCUT2D eigenvalue weighted by Crippen LogP contribution is -2.08. The minimum absolute atomic E-state index is 0.152. The van der Waals surface area contributed by atoms with E-state index in [0.717, 1.165) is 21.7 Å². The van der Waals surface area contributed by atoms with Crippen LogP contribution in [0.5, 0.6) is 0 Å². The van der Waals surface area contributed by atoms with Gasteiger partial charge in [-0.1, -0.05) is 12.1 Å². The van der Waals surface area contributed by atoms with Gasteiger partial charge in [0.1, 0.15) is 17.0 Å². The number of nitrogens with one attached hydrogen (secondary N) is 1. The van der Waals surface area contributed by atoms with Crippen molar-refractivity contribution in [1.29, 1.82) is 0 Å². The summed E-state index contributed by atoms with van der Waals surface area (Å²) in [7, 11) is 0. The Hall–Kier alpha value is -2.73. The van der Waals surface area contributed by atoms with Gasteiger partial charge < -0.3 is 5.32 Å². The van der Waals surface area contributed by atoms with Crippen molar-refractivity contribution in [2.45, 2.75) is 13.0 Å². The van der Waals surface area contributed by atoms with Crippen molar-refractivity contribution >= 4 is 27.4 Å². The quantitative estimate of drug-likeness (QED) is 0.616. The number of benzene rings is 1. The van der Waals surface area contributed by atoms with Crippen LogP contribution >= 0.6 is 11.3 Å². The van der Waals surface area contributed by atoms with E-state index in [1.165, 1.54) is 5.56 Å². The predicted octanol–water partition coefficient (Wildman–Crippen LogP) is 4.05. The summed E-state index contributed by atoms with van der Waals surface area (Å²) in [5, 5.41) is 10.8. The minimum Gasteiger partial charge on any atom is -0.363 e. The van der Waals surface area contributed by atoms with Crippen molar-refractivity contribution < 1.29 is 0 Å². The van der Waals surface area contributed by atoms with Gasteiger partial charge in [-0.2, -0.15) is 5.10 Å². The highest BCUT2D eigenvalue weighted by Crippen LogP contribution is 2.27. The van der Waals surface area contributed by atoms with Gasteiger partial charge in [-0.05, 0) is 42.1 Å². The van der Waals surface area contributed by atoms with Crippen LogP contribution in [-0.4, -0.2) is 19.7 Å². The molecule has 4 rings (SSSR count). The van der Waals surface area contributed by atoms with Gasteiger partial charge in [0.2, 0.25) is 0 Å². The zero-order valence-electron chi connectivity index (χ0n) is 12.5. The molecule has 23 heavy (non-hydrogen) atoms. The average molecular weight is 321 g/mol. The zero-order chi connectivity index (χ0) is 15.6. The number of aromatic nitrogens is 4. The molecule has 3 heterocycles. The highest BCUT2D eigenvalue weighted by molar-refractivity contribution is 7.16. The first kappa shape index (κ1) is 13.9. The van der Waals surface area contributed by atoms with Crippen molar-refractivity contribution in [3.63, 3.8) is 0 Å². The molecule has 1 N–H and O–H groups in total. The minimum atomic E-state index is 0.152. The highest BCUT2D eigenvalue weighted by atomic mass is 32.1. The van der Waals surface area contributed by atoms with Gasteiger partial charge in [-0.25, -0.2) is 14.6 Å². The summed E-state index contributed by atoms with van der Waals surface area (Å²) in [6.07, 6.45) is 5.32. The first-order valence-electron chi connectivity index (χ1n) is 7.36. The molecule has 0 bridgehead atoms. The number of anilines is 1. The van der Waals surface area contributed by atoms with Gasteiger partial charge in [0.25, 0.3) is 0 Å². The van der Waals surface area contributed by atoms with E-state index < -0.39 is 0 Å². The zero-order valence-corrected chi connectivity index (χ0v) is 13.4. The van der Waals surface area contributed by atoms with Crippen LogP contribution in [0.4, 0.5) is 5.82 Å². The molecular weight excluding hydrogens is 306 g/mol. The lowest BCUT2D eigenvalue weighted by atomic mass is 10.1. The van der Waals surface area contributed by atoms with Crippen molar-refractivity contribution in [2.24, 2.45) is 0 Å². The first-order chi connectivity index (χ1) is 11.3. The third-order valence-corrected chi connectivity index (χ3v) is 4.60. The van der Waals surface area contributed by atoms with E-state index in [9.17, 15) is 0 Å². The summed E-state index contributed by atoms with van der Waals surface area (Å²) in [4.78, 5) is 9.66. The van der Waals surface area contributed by atoms with Crippen LogP contribution < -0.4 is 5.32 Å². The Kier molecular flexibility index (Phi) is 3.51. The Bertz CT molecular complexity index is 912. The molecule has 0 aliphatic rings. The molecule has 0 aliphatic heterocycles. The maximum absolute atomic E-state index is 4.37. The SMILES string of the molecule is CC(Nc1ncnc2sccc12)c1ccc(-n2cccn2)cc1. The molecule has 1 unspecified atom stereocenters. The molecule has 4 aromatic rings. The third kappa shape index (κ3) is 2.68. The molecule has 0 fully saturated rings. The Labute approximate surface area is 137 Å². The fraction of sp³-hybridized carbons (Fsp3) is 0.118. The van der Waals surface area contributed by atoms with Crippen LogP contribution in [0, 0.1) is 0 Å². The second kappa shape index (κ2) is 5.81. The standard InChI is InChI=1S/C17H15N5S/c1-12(21-16-15-7-10-23-17(15)19-11-18-16)13-3-5-14(6-4-13)22-9-2-8-20-22/h2-12H,1H3,(H,18,19,21). The van der Waals surface area contributed by atoms with Crippen molar-refractivity contribution in [3.8, 4) is 5.69 Å². The monoisotopic (exact) mass is 321 g/mol. The molecule has 5 nitrogen and oxygen atoms in total. The van der Waals surface area contributed by atoms with Crippen LogP contribution in [-0.2, 0) is 0 Å². The summed E-state index contributed by atoms with van der Waals surface area (Å²) in [6, 6.07) is 12.5. The van der Waals surface area contributed by atoms with E-state index in [-0.39, 0.29) is 6.04 Å². The molecule has 0 saturated carbocycles. The van der Waals surface area contributed by atoms with Crippen LogP contribution in [0.15, 0.2) is 60.5 Å². The van der Waals surface area contributed by atoms with Gasteiger partial charge >= 0.3 is 0 Å². The largest absolute Gasteiger partial charge is 0.363 e. The van der Waals surface area contributed by atoms with Crippen LogP contribution in [0.1, 0.15) is 18.5 Å². The summed E-state index contributed by atoms with van der Waals surface area (Å²) in [6.45, 7) is 2.13. The Morgan fingerprint density at radius 2 is 2.00 bits per heavy atom. The number of thiophene rings is 1. The van der Waals surface area contributed by atoms with Crippen LogP contribution in [0.3, 0.4) is 0 Å². The molecule has 0 aliphatic carbocycles. The summed E-state index contributed by atoms with van der Waals surface area (Å²) < 4.78 is 1.85. The van der Waals surface area contributed by atoms with Gasteiger partial charge in [0, 0.05) is 18.4 Å². The Morgan fingerprint density at radius 3 is 2.78 bits per heavy atom. The highest BCUT2D eigenvalue weighted by Gasteiger charge is 2.10. The molecule has 0 radical (unpaired) electrons. The molecule has 6 heteroatoms. The Balaban J connectivity index is 1.57. The predicted molar refractivity (Wildman–Crippen MR) is 93.0 cm³/mol. The lowest BCUT2D eigenvalue weighted by molar-refractivity contribution is 0.860. The van der Waals surface area contributed by atoms with Crippen molar-refractivity contribution in [3.05, 3.63) is 66.1 Å². The van der Waals surface area contributed by atoms with E-state index in [0.29, 0.717) is 0 Å². The smallest absolute Gasteiger partial charge is 0.138 e. The number of hydrogen-bond acceptors (Lipinski definition) is 5. The first-order valence-corrected chi connectivity index (χ1v) is 8.24. The molecule has 114 valence electrons. The maximum Gasteiger partial charge on any atom is 0.138 e. The van der Waals surface area contributed by atoms with Gasteiger partial charge in [-0.3, -0.25) is 0 Å². The maximum atomic E-state index is 4.37. The van der Waals surface area contributed by atoms with Crippen molar-refractivity contribution in [1.82, 2.24) is 19.7 Å². The molecular formula is C17H15N5S. The van der Waals surface area contributed by atoms with E-state index in [1.54, 1.807) is 23.9 Å². The second-order valence-electron chi connectivity index (χ2n) is 5.27. The molecule has 0 saturated heterocycles. The van der Waals surface area contributed by atoms with Gasteiger partial charge in [0.15, 0.2) is 0 Å². The number of nitrogens with zero attached hydrogens (tertiary/aromatic N) is 4. The molecule has 0 spiro atoms.